The van der Waals surface area contributed by atoms with E-state index in [1.807, 2.05) is 0 Å². The van der Waals surface area contributed by atoms with Crippen LogP contribution in [0.5, 0.6) is 0 Å². The van der Waals surface area contributed by atoms with Gasteiger partial charge >= 0.3 is 12.1 Å². The van der Waals surface area contributed by atoms with E-state index >= 15 is 0 Å². The van der Waals surface area contributed by atoms with Gasteiger partial charge in [-0.15, -0.1) is 0 Å². The highest BCUT2D eigenvalue weighted by atomic mass is 35.5. The number of benzene rings is 1. The van der Waals surface area contributed by atoms with Gasteiger partial charge in [0.25, 0.3) is 5.91 Å². The van der Waals surface area contributed by atoms with Crippen LogP contribution in [0.25, 0.3) is 11.3 Å². The number of nitrogens with zero attached hydrogens (tertiary/aromatic N) is 1. The second-order valence-electron chi connectivity index (χ2n) is 12.6. The molecule has 0 atom stereocenters. The SMILES string of the molecule is CC(C)(C)NS(=O)(=O)c1ccc(-c2cc(C(=O)NCCC(C)(C)C(=O)O)c(Cl)n2CC2CCCCC2)cc1C(F)(F)F. The molecule has 1 aliphatic rings. The summed E-state index contributed by atoms with van der Waals surface area (Å²) in [7, 11) is -4.52. The molecule has 1 amide bonds. The highest BCUT2D eigenvalue weighted by Crippen LogP contribution is 2.39. The summed E-state index contributed by atoms with van der Waals surface area (Å²) in [6, 6.07) is 4.38. The maximum Gasteiger partial charge on any atom is 0.417 e. The molecule has 234 valence electrons. The van der Waals surface area contributed by atoms with E-state index in [4.69, 9.17) is 11.6 Å². The molecule has 0 bridgehead atoms. The van der Waals surface area contributed by atoms with E-state index in [1.165, 1.54) is 46.8 Å². The molecule has 8 nitrogen and oxygen atoms in total. The zero-order valence-electron chi connectivity index (χ0n) is 24.5. The molecule has 1 aromatic carbocycles. The Bertz CT molecular complexity index is 1420. The van der Waals surface area contributed by atoms with Crippen LogP contribution in [-0.2, 0) is 27.5 Å². The third-order valence-electron chi connectivity index (χ3n) is 7.37. The zero-order valence-corrected chi connectivity index (χ0v) is 26.1. The number of carboxylic acids is 1. The summed E-state index contributed by atoms with van der Waals surface area (Å²) in [5.74, 6) is -1.40. The van der Waals surface area contributed by atoms with E-state index in [9.17, 15) is 36.3 Å². The molecule has 1 aromatic heterocycles. The van der Waals surface area contributed by atoms with Crippen molar-refractivity contribution in [2.45, 2.75) is 96.3 Å². The minimum atomic E-state index is -4.99. The molecule has 0 unspecified atom stereocenters. The van der Waals surface area contributed by atoms with Crippen LogP contribution in [0.15, 0.2) is 29.2 Å². The lowest BCUT2D eigenvalue weighted by Gasteiger charge is -2.24. The van der Waals surface area contributed by atoms with Crippen LogP contribution in [0.4, 0.5) is 13.2 Å². The molecule has 1 aliphatic carbocycles. The molecule has 1 saturated carbocycles. The van der Waals surface area contributed by atoms with E-state index in [0.29, 0.717) is 6.54 Å². The summed E-state index contributed by atoms with van der Waals surface area (Å²) >= 11 is 6.70. The number of alkyl halides is 3. The van der Waals surface area contributed by atoms with Crippen molar-refractivity contribution in [2.24, 2.45) is 11.3 Å². The molecular formula is C29H39ClF3N3O5S. The normalized spacial score (nSPS) is 15.5. The monoisotopic (exact) mass is 633 g/mol. The molecule has 1 fully saturated rings. The van der Waals surface area contributed by atoms with Gasteiger partial charge in [-0.3, -0.25) is 9.59 Å². The maximum absolute atomic E-state index is 14.3. The van der Waals surface area contributed by atoms with Gasteiger partial charge in [-0.05, 0) is 83.6 Å². The molecule has 3 N–H and O–H groups in total. The van der Waals surface area contributed by atoms with E-state index in [2.05, 4.69) is 10.0 Å². The number of aromatic nitrogens is 1. The van der Waals surface area contributed by atoms with E-state index in [-0.39, 0.29) is 40.9 Å². The molecule has 1 heterocycles. The Morgan fingerprint density at radius 2 is 1.67 bits per heavy atom. The van der Waals surface area contributed by atoms with Crippen molar-refractivity contribution in [3.05, 3.63) is 40.5 Å². The van der Waals surface area contributed by atoms with Gasteiger partial charge in [0.1, 0.15) is 5.15 Å². The van der Waals surface area contributed by atoms with Gasteiger partial charge in [0.15, 0.2) is 0 Å². The second-order valence-corrected chi connectivity index (χ2v) is 14.6. The van der Waals surface area contributed by atoms with Gasteiger partial charge in [-0.2, -0.15) is 13.2 Å². The Balaban J connectivity index is 2.08. The summed E-state index contributed by atoms with van der Waals surface area (Å²) in [5, 5.41) is 12.0. The average molecular weight is 634 g/mol. The number of amides is 1. The van der Waals surface area contributed by atoms with Crippen LogP contribution in [0.3, 0.4) is 0 Å². The lowest BCUT2D eigenvalue weighted by molar-refractivity contribution is -0.147. The minimum Gasteiger partial charge on any atom is -0.481 e. The quantitative estimate of drug-likeness (QED) is 0.269. The van der Waals surface area contributed by atoms with Crippen LogP contribution < -0.4 is 10.0 Å². The third-order valence-corrected chi connectivity index (χ3v) is 9.59. The number of hydrogen-bond acceptors (Lipinski definition) is 4. The summed E-state index contributed by atoms with van der Waals surface area (Å²) in [5.41, 5.74) is -3.08. The van der Waals surface area contributed by atoms with Crippen molar-refractivity contribution in [1.82, 2.24) is 14.6 Å². The predicted molar refractivity (Wildman–Crippen MR) is 155 cm³/mol. The number of rotatable bonds is 10. The van der Waals surface area contributed by atoms with Gasteiger partial charge in [0.2, 0.25) is 10.0 Å². The number of carbonyl (C=O) groups excluding carboxylic acids is 1. The molecule has 2 aromatic rings. The van der Waals surface area contributed by atoms with Crippen molar-refractivity contribution in [2.75, 3.05) is 6.54 Å². The van der Waals surface area contributed by atoms with Gasteiger partial charge in [-0.25, -0.2) is 13.1 Å². The highest BCUT2D eigenvalue weighted by Gasteiger charge is 2.39. The predicted octanol–water partition coefficient (Wildman–Crippen LogP) is 6.72. The van der Waals surface area contributed by atoms with Crippen LogP contribution >= 0.6 is 11.6 Å². The number of carbonyl (C=O) groups is 2. The zero-order chi connectivity index (χ0) is 31.7. The van der Waals surface area contributed by atoms with Gasteiger partial charge in [0.05, 0.1) is 27.1 Å². The first-order valence-electron chi connectivity index (χ1n) is 13.9. The average Bonchev–Trinajstić information content (AvgIpc) is 3.18. The topological polar surface area (TPSA) is 118 Å². The van der Waals surface area contributed by atoms with Gasteiger partial charge in [0, 0.05) is 18.6 Å². The first kappa shape index (κ1) is 33.9. The molecule has 42 heavy (non-hydrogen) atoms. The lowest BCUT2D eigenvalue weighted by atomic mass is 9.89. The van der Waals surface area contributed by atoms with Gasteiger partial charge in [-0.1, -0.05) is 36.9 Å². The number of halogens is 4. The third kappa shape index (κ3) is 8.29. The van der Waals surface area contributed by atoms with Gasteiger partial charge < -0.3 is 15.0 Å². The number of carboxylic acid groups (broad SMARTS) is 1. The Kier molecular flexibility index (Phi) is 10.2. The molecule has 0 radical (unpaired) electrons. The second kappa shape index (κ2) is 12.6. The molecule has 3 rings (SSSR count). The number of aliphatic carboxylic acids is 1. The van der Waals surface area contributed by atoms with Crippen molar-refractivity contribution in [1.29, 1.82) is 0 Å². The summed E-state index contributed by atoms with van der Waals surface area (Å²) in [6.45, 7) is 8.08. The van der Waals surface area contributed by atoms with Crippen molar-refractivity contribution >= 4 is 33.5 Å². The first-order chi connectivity index (χ1) is 19.2. The first-order valence-corrected chi connectivity index (χ1v) is 15.8. The van der Waals surface area contributed by atoms with E-state index in [0.717, 1.165) is 44.2 Å². The largest absolute Gasteiger partial charge is 0.481 e. The van der Waals surface area contributed by atoms with Crippen LogP contribution in [0.1, 0.15) is 89.1 Å². The summed E-state index contributed by atoms with van der Waals surface area (Å²) in [6.07, 6.45) is 0.0891. The maximum atomic E-state index is 14.3. The van der Waals surface area contributed by atoms with Crippen molar-refractivity contribution < 1.29 is 36.3 Å². The molecule has 0 spiro atoms. The smallest absolute Gasteiger partial charge is 0.417 e. The summed E-state index contributed by atoms with van der Waals surface area (Å²) in [4.78, 5) is 23.6. The fourth-order valence-electron chi connectivity index (χ4n) is 5.02. The fourth-order valence-corrected chi connectivity index (χ4v) is 6.95. The molecule has 13 heteroatoms. The minimum absolute atomic E-state index is 0.0373. The van der Waals surface area contributed by atoms with E-state index in [1.54, 1.807) is 4.57 Å². The Morgan fingerprint density at radius 3 is 2.21 bits per heavy atom. The Labute approximate surface area is 250 Å². The Morgan fingerprint density at radius 1 is 1.05 bits per heavy atom. The van der Waals surface area contributed by atoms with Crippen LogP contribution in [0, 0.1) is 11.3 Å². The van der Waals surface area contributed by atoms with E-state index < -0.39 is 49.5 Å². The van der Waals surface area contributed by atoms with Crippen LogP contribution in [-0.4, -0.2) is 42.1 Å². The fraction of sp³-hybridized carbons (Fsp3) is 0.586. The van der Waals surface area contributed by atoms with Crippen LogP contribution in [0.2, 0.25) is 5.15 Å². The number of sulfonamides is 1. The summed E-state index contributed by atoms with van der Waals surface area (Å²) < 4.78 is 72.5. The standard InChI is InChI=1S/C29H39ClF3N3O5S/c1-27(2,3)35-42(40,41)23-12-11-19(15-21(23)29(31,32)33)22-16-20(25(37)34-14-13-28(4,5)26(38)39)24(30)36(22)17-18-9-7-6-8-10-18/h11-12,15-16,18,35H,6-10,13-14,17H2,1-5H3,(H,34,37)(H,38,39). The molecule has 0 saturated heterocycles. The number of nitrogens with one attached hydrogen (secondary N) is 2. The molecular weight excluding hydrogens is 595 g/mol. The number of hydrogen-bond donors (Lipinski definition) is 3. The lowest BCUT2D eigenvalue weighted by Crippen LogP contribution is -2.41. The highest BCUT2D eigenvalue weighted by molar-refractivity contribution is 7.89. The van der Waals surface area contributed by atoms with Crippen molar-refractivity contribution in [3.63, 3.8) is 0 Å². The van der Waals surface area contributed by atoms with Crippen molar-refractivity contribution in [3.8, 4) is 11.3 Å². The molecule has 0 aliphatic heterocycles. The Hall–Kier alpha value is -2.57.